The van der Waals surface area contributed by atoms with E-state index in [-0.39, 0.29) is 54.7 Å². The van der Waals surface area contributed by atoms with Crippen LogP contribution in [0.15, 0.2) is 53.3 Å². The number of rotatable bonds is 19. The molecular weight excluding hydrogens is 929 g/mol. The molecule has 29 heteroatoms. The molecule has 0 radical (unpaired) electrons. The summed E-state index contributed by atoms with van der Waals surface area (Å²) in [5, 5.41) is 98.6. The Morgan fingerprint density at radius 1 is 0.803 bits per heavy atom. The number of nitrogens with zero attached hydrogens (tertiary/aromatic N) is 3. The molecule has 15 N–H and O–H groups in total. The van der Waals surface area contributed by atoms with Crippen LogP contribution < -0.4 is 16.3 Å². The Morgan fingerprint density at radius 2 is 1.26 bits per heavy atom. The molecule has 1 unspecified atom stereocenters. The maximum atomic E-state index is 13.4. The van der Waals surface area contributed by atoms with Gasteiger partial charge in [0.05, 0.1) is 61.8 Å². The van der Waals surface area contributed by atoms with Crippen LogP contribution >= 0.6 is 7.75 Å². The fraction of sp³-hybridized carbons (Fsp3) is 0.622. The maximum absolute atomic E-state index is 13.4. The number of aliphatic hydroxyl groups is 10. The Morgan fingerprint density at radius 3 is 1.65 bits per heavy atom. The number of likely N-dealkylation sites (N-methyl/N-ethyl adjacent to an activating group) is 2. The maximum Gasteiger partial charge on any atom is 0.454 e. The number of aromatic amines is 1. The van der Waals surface area contributed by atoms with Crippen LogP contribution in [-0.4, -0.2) is 189 Å². The molecule has 378 valence electrons. The van der Waals surface area contributed by atoms with Gasteiger partial charge >= 0.3 is 25.8 Å². The van der Waals surface area contributed by atoms with Gasteiger partial charge in [0.2, 0.25) is 0 Å². The highest BCUT2D eigenvalue weighted by atomic mass is 31.2. The molecule has 0 amide bonds. The molecule has 2 aromatic carbocycles. The molecule has 1 aliphatic rings. The quantitative estimate of drug-likeness (QED) is 0.0436. The molecule has 3 aromatic rings. The van der Waals surface area contributed by atoms with Crippen LogP contribution in [0.5, 0.6) is 0 Å². The Balaban J connectivity index is 0.000000470. The summed E-state index contributed by atoms with van der Waals surface area (Å²) in [6, 6.07) is 8.87. The number of morpholine rings is 1. The molecule has 1 saturated heterocycles. The zero-order valence-electron chi connectivity index (χ0n) is 35.5. The van der Waals surface area contributed by atoms with Gasteiger partial charge in [-0.05, 0) is 50.3 Å². The molecule has 4 rings (SSSR count). The van der Waals surface area contributed by atoms with E-state index in [9.17, 15) is 55.7 Å². The predicted octanol–water partition coefficient (Wildman–Crippen LogP) is -2.49. The minimum absolute atomic E-state index is 0.00222. The predicted molar refractivity (Wildman–Crippen MR) is 216 cm³/mol. The van der Waals surface area contributed by atoms with Crippen LogP contribution in [-0.2, 0) is 32.9 Å². The van der Waals surface area contributed by atoms with Crippen LogP contribution in [0.25, 0.3) is 0 Å². The standard InChI is InChI=1S/C23H23F6N4O6P.2C7H17NO5/c1-13(15-9-16(22(24,25)26)11-17(10-15)23(27,28)29)39-20-19(14-5-3-2-4-6-14)32(7-8-38-20)12-18-30-21(34)33(31-18)40(35,36)37;2*1-8-2-4(10)6(12)7(13)5(11)3-9/h2-6,9-11,13,19-20H,7-8,12H2,1H3,(H,30,31,34)(H2,35,36,37);2*4-13H,2-3H2,1H3/t13?,19-,20+;2*4-,5+,6+,7+/m000/s1. The second-order valence-electron chi connectivity index (χ2n) is 14.7. The fourth-order valence-corrected chi connectivity index (χ4v) is 6.59. The second kappa shape index (κ2) is 26.3. The third kappa shape index (κ3) is 17.5. The van der Waals surface area contributed by atoms with E-state index in [0.717, 1.165) is 0 Å². The van der Waals surface area contributed by atoms with Crippen LogP contribution in [0.1, 0.15) is 47.1 Å². The van der Waals surface area contributed by atoms with Crippen molar-refractivity contribution in [2.75, 3.05) is 53.6 Å². The number of aromatic nitrogens is 3. The molecule has 0 spiro atoms. The molecule has 66 heavy (non-hydrogen) atoms. The average Bonchev–Trinajstić information content (AvgIpc) is 3.65. The highest BCUT2D eigenvalue weighted by molar-refractivity contribution is 7.49. The summed E-state index contributed by atoms with van der Waals surface area (Å²) < 4.78 is 103. The summed E-state index contributed by atoms with van der Waals surface area (Å²) in [4.78, 5) is 34.5. The fourth-order valence-electron chi connectivity index (χ4n) is 6.08. The third-order valence-electron chi connectivity index (χ3n) is 9.60. The normalized spacial score (nSPS) is 20.3. The Labute approximate surface area is 372 Å². The van der Waals surface area contributed by atoms with Crippen LogP contribution in [0.4, 0.5) is 26.3 Å². The van der Waals surface area contributed by atoms with E-state index in [1.165, 1.54) is 6.92 Å². The molecule has 11 atom stereocenters. The van der Waals surface area contributed by atoms with Gasteiger partial charge in [-0.1, -0.05) is 30.3 Å². The van der Waals surface area contributed by atoms with Crippen molar-refractivity contribution in [1.29, 1.82) is 0 Å². The van der Waals surface area contributed by atoms with Gasteiger partial charge in [-0.15, -0.1) is 9.55 Å². The van der Waals surface area contributed by atoms with Gasteiger partial charge in [-0.3, -0.25) is 9.88 Å². The Hall–Kier alpha value is -3.49. The Kier molecular flexibility index (Phi) is 23.4. The summed E-state index contributed by atoms with van der Waals surface area (Å²) in [5.41, 5.74) is -3.89. The molecule has 0 bridgehead atoms. The molecule has 0 saturated carbocycles. The lowest BCUT2D eigenvalue weighted by Gasteiger charge is -2.41. The smallest absolute Gasteiger partial charge is 0.394 e. The van der Waals surface area contributed by atoms with Crippen molar-refractivity contribution in [2.24, 2.45) is 0 Å². The van der Waals surface area contributed by atoms with Crippen LogP contribution in [0, 0.1) is 0 Å². The van der Waals surface area contributed by atoms with Crippen LogP contribution in [0.2, 0.25) is 0 Å². The molecule has 1 fully saturated rings. The van der Waals surface area contributed by atoms with Gasteiger partial charge in [-0.2, -0.15) is 26.3 Å². The van der Waals surface area contributed by atoms with Gasteiger partial charge in [0, 0.05) is 19.6 Å². The summed E-state index contributed by atoms with van der Waals surface area (Å²) in [6.45, 7) is 0.225. The summed E-state index contributed by atoms with van der Waals surface area (Å²) >= 11 is 0. The highest BCUT2D eigenvalue weighted by Crippen LogP contribution is 2.40. The van der Waals surface area contributed by atoms with Gasteiger partial charge in [0.1, 0.15) is 42.4 Å². The lowest BCUT2D eigenvalue weighted by Crippen LogP contribution is -2.48. The summed E-state index contributed by atoms with van der Waals surface area (Å²) in [5.74, 6) is -0.101. The van der Waals surface area contributed by atoms with Crippen molar-refractivity contribution in [3.63, 3.8) is 0 Å². The lowest BCUT2D eigenvalue weighted by atomic mass is 10.0. The first-order valence-electron chi connectivity index (χ1n) is 19.7. The number of benzene rings is 2. The number of halogens is 6. The van der Waals surface area contributed by atoms with Crippen LogP contribution in [0.3, 0.4) is 0 Å². The minimum Gasteiger partial charge on any atom is -0.394 e. The number of hydrogen-bond acceptors (Lipinski definition) is 18. The number of alkyl halides is 6. The number of nitrogens with one attached hydrogen (secondary N) is 3. The second-order valence-corrected chi connectivity index (χ2v) is 16.1. The van der Waals surface area contributed by atoms with E-state index in [1.54, 1.807) is 49.3 Å². The monoisotopic (exact) mass is 986 g/mol. The largest absolute Gasteiger partial charge is 0.454 e. The van der Waals surface area contributed by atoms with E-state index in [0.29, 0.717) is 17.7 Å². The average molecular weight is 987 g/mol. The molecule has 1 aliphatic heterocycles. The SMILES string of the molecule is CC(O[C@H]1OCCN(Cc2nn(P(=O)(O)O)c(=O)[nH]2)[C@H]1c1ccccc1)c1cc(C(F)(F)F)cc(C(F)(F)F)c1.CNC[C@H](O)[C@@H](O)[C@H](O)[C@H](O)CO.CNC[C@H](O)[C@@H](O)[C@H](O)[C@H](O)CO. The molecule has 2 heterocycles. The van der Waals surface area contributed by atoms with Crippen molar-refractivity contribution in [3.05, 3.63) is 87.1 Å². The molecule has 0 aliphatic carbocycles. The summed E-state index contributed by atoms with van der Waals surface area (Å²) in [7, 11) is -1.88. The number of H-pyrrole nitrogens is 1. The Bertz CT molecular complexity index is 1920. The number of aliphatic hydroxyl groups excluding tert-OH is 10. The van der Waals surface area contributed by atoms with E-state index in [2.05, 4.69) is 20.7 Å². The van der Waals surface area contributed by atoms with Crippen molar-refractivity contribution in [2.45, 2.75) is 93.1 Å². The van der Waals surface area contributed by atoms with Crippen molar-refractivity contribution in [1.82, 2.24) is 30.1 Å². The van der Waals surface area contributed by atoms with E-state index in [4.69, 9.17) is 50.3 Å². The van der Waals surface area contributed by atoms with Gasteiger partial charge in [0.25, 0.3) is 0 Å². The van der Waals surface area contributed by atoms with Crippen molar-refractivity contribution < 1.29 is 101 Å². The molecule has 22 nitrogen and oxygen atoms in total. The first-order valence-corrected chi connectivity index (χ1v) is 21.2. The van der Waals surface area contributed by atoms with E-state index < -0.39 is 117 Å². The lowest BCUT2D eigenvalue weighted by molar-refractivity contribution is -0.231. The third-order valence-corrected chi connectivity index (χ3v) is 10.4. The van der Waals surface area contributed by atoms with E-state index in [1.807, 2.05) is 0 Å². The van der Waals surface area contributed by atoms with Gasteiger partial charge in [-0.25, -0.2) is 9.36 Å². The number of hydrogen-bond donors (Lipinski definition) is 15. The number of ether oxygens (including phenoxy) is 2. The van der Waals surface area contributed by atoms with E-state index >= 15 is 0 Å². The highest BCUT2D eigenvalue weighted by Gasteiger charge is 2.40. The van der Waals surface area contributed by atoms with Gasteiger partial charge in [0.15, 0.2) is 6.29 Å². The molecular formula is C37H57F6N6O16P. The molecule has 1 aromatic heterocycles. The van der Waals surface area contributed by atoms with Crippen molar-refractivity contribution in [3.8, 4) is 0 Å². The minimum atomic E-state index is -5.03. The topological polar surface area (TPSA) is 356 Å². The zero-order valence-corrected chi connectivity index (χ0v) is 36.4. The summed E-state index contributed by atoms with van der Waals surface area (Å²) in [6.07, 6.45) is -23.8. The first kappa shape index (κ1) is 58.6. The first-order chi connectivity index (χ1) is 30.6. The van der Waals surface area contributed by atoms with Gasteiger partial charge < -0.3 is 81.0 Å². The zero-order chi connectivity index (χ0) is 50.3. The van der Waals surface area contributed by atoms with Crippen molar-refractivity contribution >= 4 is 7.75 Å².